The van der Waals surface area contributed by atoms with Crippen LogP contribution in [0.5, 0.6) is 0 Å². The van der Waals surface area contributed by atoms with Crippen LogP contribution in [0.15, 0.2) is 18.2 Å². The topological polar surface area (TPSA) is 41.1 Å². The van der Waals surface area contributed by atoms with Gasteiger partial charge >= 0.3 is 0 Å². The molecule has 0 spiro atoms. The first-order valence-electron chi connectivity index (χ1n) is 4.45. The van der Waals surface area contributed by atoms with Gasteiger partial charge in [0.25, 0.3) is 5.91 Å². The van der Waals surface area contributed by atoms with Gasteiger partial charge in [0.1, 0.15) is 11.9 Å². The Morgan fingerprint density at radius 1 is 1.47 bits per heavy atom. The quantitative estimate of drug-likeness (QED) is 0.704. The van der Waals surface area contributed by atoms with E-state index in [1.165, 1.54) is 6.07 Å². The van der Waals surface area contributed by atoms with E-state index < -0.39 is 6.04 Å². The number of hydrogen-bond acceptors (Lipinski definition) is 2. The predicted molar refractivity (Wildman–Crippen MR) is 57.8 cm³/mol. The van der Waals surface area contributed by atoms with Gasteiger partial charge in [-0.05, 0) is 36.3 Å². The summed E-state index contributed by atoms with van der Waals surface area (Å²) >= 11 is 4.79. The van der Waals surface area contributed by atoms with Crippen LogP contribution < -0.4 is 10.6 Å². The summed E-state index contributed by atoms with van der Waals surface area (Å²) in [4.78, 5) is 11.4. The third-order valence-electron chi connectivity index (χ3n) is 2.30. The molecule has 3 nitrogen and oxygen atoms in total. The van der Waals surface area contributed by atoms with Crippen molar-refractivity contribution in [2.75, 3.05) is 0 Å². The van der Waals surface area contributed by atoms with Crippen molar-refractivity contribution in [1.29, 1.82) is 0 Å². The molecule has 1 amide bonds. The number of aryl methyl sites for hydroxylation is 1. The lowest BCUT2D eigenvalue weighted by molar-refractivity contribution is -0.120. The van der Waals surface area contributed by atoms with Gasteiger partial charge in [-0.15, -0.1) is 0 Å². The SMILES string of the molecule is Cc1ccc(C2NC(=S)NC2=O)cc1F. The molecule has 1 heterocycles. The molecular formula is C10H9FN2OS. The summed E-state index contributed by atoms with van der Waals surface area (Å²) in [5.74, 6) is -0.567. The van der Waals surface area contributed by atoms with E-state index in [1.807, 2.05) is 0 Å². The van der Waals surface area contributed by atoms with Crippen LogP contribution in [0.25, 0.3) is 0 Å². The minimum absolute atomic E-state index is 0.247. The Bertz CT molecular complexity index is 447. The molecule has 1 atom stereocenters. The largest absolute Gasteiger partial charge is 0.347 e. The van der Waals surface area contributed by atoms with E-state index in [4.69, 9.17) is 12.2 Å². The minimum Gasteiger partial charge on any atom is -0.347 e. The smallest absolute Gasteiger partial charge is 0.253 e. The number of nitrogens with one attached hydrogen (secondary N) is 2. The van der Waals surface area contributed by atoms with Gasteiger partial charge in [0.05, 0.1) is 0 Å². The first-order valence-corrected chi connectivity index (χ1v) is 4.86. The van der Waals surface area contributed by atoms with Gasteiger partial charge in [0, 0.05) is 0 Å². The van der Waals surface area contributed by atoms with Crippen molar-refractivity contribution in [2.45, 2.75) is 13.0 Å². The maximum atomic E-state index is 13.3. The van der Waals surface area contributed by atoms with Crippen molar-refractivity contribution < 1.29 is 9.18 Å². The van der Waals surface area contributed by atoms with Gasteiger partial charge in [-0.2, -0.15) is 0 Å². The van der Waals surface area contributed by atoms with E-state index in [0.717, 1.165) is 0 Å². The number of halogens is 1. The fourth-order valence-corrected chi connectivity index (χ4v) is 1.66. The standard InChI is InChI=1S/C10H9FN2OS/c1-5-2-3-6(4-7(5)11)8-9(14)13-10(15)12-8/h2-4,8H,1H3,(H2,12,13,14,15). The molecule has 1 aromatic rings. The Kier molecular flexibility index (Phi) is 2.40. The van der Waals surface area contributed by atoms with Crippen molar-refractivity contribution in [2.24, 2.45) is 0 Å². The molecule has 5 heteroatoms. The van der Waals surface area contributed by atoms with Crippen LogP contribution in [-0.4, -0.2) is 11.0 Å². The highest BCUT2D eigenvalue weighted by molar-refractivity contribution is 7.80. The number of carbonyl (C=O) groups excluding carboxylic acids is 1. The fraction of sp³-hybridized carbons (Fsp3) is 0.200. The Morgan fingerprint density at radius 2 is 2.20 bits per heavy atom. The molecule has 2 rings (SSSR count). The molecule has 0 aliphatic carbocycles. The molecule has 1 aromatic carbocycles. The maximum absolute atomic E-state index is 13.3. The molecule has 0 radical (unpaired) electrons. The monoisotopic (exact) mass is 224 g/mol. The molecule has 78 valence electrons. The van der Waals surface area contributed by atoms with E-state index in [9.17, 15) is 9.18 Å². The number of rotatable bonds is 1. The third-order valence-corrected chi connectivity index (χ3v) is 2.52. The van der Waals surface area contributed by atoms with Crippen molar-refractivity contribution in [1.82, 2.24) is 10.6 Å². The summed E-state index contributed by atoms with van der Waals surface area (Å²) in [5.41, 5.74) is 1.13. The van der Waals surface area contributed by atoms with Crippen LogP contribution in [0, 0.1) is 12.7 Å². The molecular weight excluding hydrogens is 215 g/mol. The number of amides is 1. The highest BCUT2D eigenvalue weighted by Gasteiger charge is 2.28. The van der Waals surface area contributed by atoms with Gasteiger partial charge in [-0.3, -0.25) is 4.79 Å². The Morgan fingerprint density at radius 3 is 2.73 bits per heavy atom. The van der Waals surface area contributed by atoms with Crippen LogP contribution in [0.3, 0.4) is 0 Å². The number of hydrogen-bond donors (Lipinski definition) is 2. The average molecular weight is 224 g/mol. The van der Waals surface area contributed by atoms with E-state index in [-0.39, 0.29) is 16.8 Å². The lowest BCUT2D eigenvalue weighted by Crippen LogP contribution is -2.21. The predicted octanol–water partition coefficient (Wildman–Crippen LogP) is 1.18. The molecule has 1 saturated heterocycles. The Balaban J connectivity index is 2.34. The fourth-order valence-electron chi connectivity index (χ4n) is 1.44. The Hall–Kier alpha value is -1.49. The van der Waals surface area contributed by atoms with Gasteiger partial charge in [-0.25, -0.2) is 4.39 Å². The summed E-state index contributed by atoms with van der Waals surface area (Å²) in [6, 6.07) is 4.12. The van der Waals surface area contributed by atoms with Crippen LogP contribution >= 0.6 is 12.2 Å². The van der Waals surface area contributed by atoms with Crippen LogP contribution in [0.4, 0.5) is 4.39 Å². The highest BCUT2D eigenvalue weighted by Crippen LogP contribution is 2.19. The molecule has 15 heavy (non-hydrogen) atoms. The average Bonchev–Trinajstić information content (AvgIpc) is 2.50. The van der Waals surface area contributed by atoms with E-state index in [2.05, 4.69) is 10.6 Å². The highest BCUT2D eigenvalue weighted by atomic mass is 32.1. The van der Waals surface area contributed by atoms with Crippen LogP contribution in [-0.2, 0) is 4.79 Å². The third kappa shape index (κ3) is 1.83. The Labute approximate surface area is 91.7 Å². The molecule has 0 bridgehead atoms. The molecule has 2 N–H and O–H groups in total. The van der Waals surface area contributed by atoms with Crippen molar-refractivity contribution in [3.05, 3.63) is 35.1 Å². The van der Waals surface area contributed by atoms with Gasteiger partial charge in [0.2, 0.25) is 0 Å². The second kappa shape index (κ2) is 3.58. The number of carbonyl (C=O) groups is 1. The van der Waals surface area contributed by atoms with Gasteiger partial charge in [0.15, 0.2) is 5.11 Å². The molecule has 1 aliphatic heterocycles. The minimum atomic E-state index is -0.576. The molecule has 1 fully saturated rings. The lowest BCUT2D eigenvalue weighted by atomic mass is 10.1. The number of benzene rings is 1. The van der Waals surface area contributed by atoms with E-state index in [1.54, 1.807) is 19.1 Å². The van der Waals surface area contributed by atoms with Crippen molar-refractivity contribution in [3.63, 3.8) is 0 Å². The normalized spacial score (nSPS) is 20.0. The second-order valence-electron chi connectivity index (χ2n) is 3.40. The number of thiocarbonyl (C=S) groups is 1. The first-order chi connectivity index (χ1) is 7.08. The first kappa shape index (κ1) is 10.0. The van der Waals surface area contributed by atoms with Crippen molar-refractivity contribution >= 4 is 23.2 Å². The molecule has 0 aromatic heterocycles. The zero-order valence-corrected chi connectivity index (χ0v) is 8.82. The maximum Gasteiger partial charge on any atom is 0.253 e. The molecule has 1 aliphatic rings. The summed E-state index contributed by atoms with van der Waals surface area (Å²) in [6.45, 7) is 1.67. The zero-order valence-electron chi connectivity index (χ0n) is 8.00. The van der Waals surface area contributed by atoms with Crippen molar-refractivity contribution in [3.8, 4) is 0 Å². The summed E-state index contributed by atoms with van der Waals surface area (Å²) in [7, 11) is 0. The second-order valence-corrected chi connectivity index (χ2v) is 3.81. The summed E-state index contributed by atoms with van der Waals surface area (Å²) in [5, 5.41) is 5.51. The van der Waals surface area contributed by atoms with E-state index >= 15 is 0 Å². The van der Waals surface area contributed by atoms with E-state index in [0.29, 0.717) is 11.1 Å². The summed E-state index contributed by atoms with van der Waals surface area (Å²) in [6.07, 6.45) is 0. The van der Waals surface area contributed by atoms with Crippen LogP contribution in [0.2, 0.25) is 0 Å². The molecule has 1 unspecified atom stereocenters. The lowest BCUT2D eigenvalue weighted by Gasteiger charge is -2.08. The van der Waals surface area contributed by atoms with Gasteiger partial charge < -0.3 is 10.6 Å². The molecule has 0 saturated carbocycles. The zero-order chi connectivity index (χ0) is 11.0. The summed E-state index contributed by atoms with van der Waals surface area (Å²) < 4.78 is 13.3. The van der Waals surface area contributed by atoms with Crippen LogP contribution in [0.1, 0.15) is 17.2 Å². The van der Waals surface area contributed by atoms with Gasteiger partial charge in [-0.1, -0.05) is 12.1 Å².